The molecule has 56 valence electrons. The standard InChI is InChI=1S/C6H8Br2SeSi/c1-10(2)5(8)4-9-6(10)3-7/h3-4H,1-2H3/b6-3+. The van der Waals surface area contributed by atoms with Gasteiger partial charge in [-0.2, -0.15) is 0 Å². The van der Waals surface area contributed by atoms with Crippen LogP contribution in [-0.4, -0.2) is 23.0 Å². The van der Waals surface area contributed by atoms with Gasteiger partial charge < -0.3 is 0 Å². The van der Waals surface area contributed by atoms with Crippen molar-refractivity contribution in [2.45, 2.75) is 13.1 Å². The minimum atomic E-state index is -1.15. The Bertz CT molecular complexity index is 208. The third kappa shape index (κ3) is 1.51. The van der Waals surface area contributed by atoms with Crippen molar-refractivity contribution in [3.8, 4) is 0 Å². The van der Waals surface area contributed by atoms with E-state index in [1.54, 1.807) is 4.09 Å². The van der Waals surface area contributed by atoms with Crippen LogP contribution in [0.25, 0.3) is 0 Å². The van der Waals surface area contributed by atoms with E-state index in [-0.39, 0.29) is 0 Å². The van der Waals surface area contributed by atoms with E-state index < -0.39 is 8.07 Å². The average molecular weight is 347 g/mol. The van der Waals surface area contributed by atoms with Crippen LogP contribution >= 0.6 is 31.9 Å². The third-order valence-corrected chi connectivity index (χ3v) is 15.6. The molecule has 0 unspecified atom stereocenters. The van der Waals surface area contributed by atoms with Crippen LogP contribution in [0, 0.1) is 0 Å². The quantitative estimate of drug-likeness (QED) is 0.591. The Morgan fingerprint density at radius 1 is 1.60 bits per heavy atom. The molecule has 0 bridgehead atoms. The van der Waals surface area contributed by atoms with Gasteiger partial charge in [0.25, 0.3) is 0 Å². The van der Waals surface area contributed by atoms with Gasteiger partial charge in [0.15, 0.2) is 0 Å². The predicted molar refractivity (Wildman–Crippen MR) is 57.3 cm³/mol. The molecule has 1 aliphatic heterocycles. The van der Waals surface area contributed by atoms with Gasteiger partial charge in [-0.25, -0.2) is 0 Å². The second kappa shape index (κ2) is 3.27. The predicted octanol–water partition coefficient (Wildman–Crippen LogP) is 2.96. The first-order valence-electron chi connectivity index (χ1n) is 2.92. The fourth-order valence-electron chi connectivity index (χ4n) is 0.690. The molecular formula is C6H8Br2SeSi. The number of hydrogen-bond donors (Lipinski definition) is 0. The third-order valence-electron chi connectivity index (χ3n) is 1.60. The number of halogens is 2. The van der Waals surface area contributed by atoms with Crippen molar-refractivity contribution in [2.24, 2.45) is 0 Å². The molecule has 0 spiro atoms. The van der Waals surface area contributed by atoms with Crippen LogP contribution in [0.4, 0.5) is 0 Å². The molecule has 0 fully saturated rings. The zero-order chi connectivity index (χ0) is 7.78. The summed E-state index contributed by atoms with van der Waals surface area (Å²) in [6.07, 6.45) is 0. The molecule has 0 saturated heterocycles. The fourth-order valence-corrected chi connectivity index (χ4v) is 11.7. The molecule has 0 radical (unpaired) electrons. The topological polar surface area (TPSA) is 0 Å². The first-order chi connectivity index (χ1) is 4.59. The van der Waals surface area contributed by atoms with E-state index in [1.807, 2.05) is 0 Å². The molecule has 4 heteroatoms. The van der Waals surface area contributed by atoms with Crippen LogP contribution < -0.4 is 0 Å². The monoisotopic (exact) mass is 346 g/mol. The summed E-state index contributed by atoms with van der Waals surface area (Å²) < 4.78 is 3.09. The average Bonchev–Trinajstić information content (AvgIpc) is 2.10. The summed E-state index contributed by atoms with van der Waals surface area (Å²) >= 11 is 7.64. The van der Waals surface area contributed by atoms with Crippen molar-refractivity contribution in [3.05, 3.63) is 18.2 Å². The van der Waals surface area contributed by atoms with Crippen molar-refractivity contribution < 1.29 is 0 Å². The Morgan fingerprint density at radius 3 is 2.40 bits per heavy atom. The van der Waals surface area contributed by atoms with Crippen molar-refractivity contribution in [2.75, 3.05) is 0 Å². The molecule has 0 amide bonds. The van der Waals surface area contributed by atoms with Gasteiger partial charge >= 0.3 is 86.1 Å². The molecule has 1 heterocycles. The Labute approximate surface area is 85.6 Å². The van der Waals surface area contributed by atoms with E-state index in [0.717, 1.165) is 0 Å². The molecule has 10 heavy (non-hydrogen) atoms. The molecule has 0 saturated carbocycles. The summed E-state index contributed by atoms with van der Waals surface area (Å²) in [5, 5.41) is 0. The molecule has 0 aromatic heterocycles. The van der Waals surface area contributed by atoms with Gasteiger partial charge in [-0.1, -0.05) is 0 Å². The van der Waals surface area contributed by atoms with Gasteiger partial charge in [0.2, 0.25) is 0 Å². The van der Waals surface area contributed by atoms with Crippen LogP contribution in [0.15, 0.2) is 18.2 Å². The summed E-state index contributed by atoms with van der Waals surface area (Å²) in [6, 6.07) is 0. The SMILES string of the molecule is C[Si]1(C)C(Br)=C[Se]/C1=C\Br. The van der Waals surface area contributed by atoms with E-state index in [4.69, 9.17) is 0 Å². The van der Waals surface area contributed by atoms with Gasteiger partial charge in [-0.3, -0.25) is 0 Å². The van der Waals surface area contributed by atoms with Gasteiger partial charge in [-0.15, -0.1) is 0 Å². The van der Waals surface area contributed by atoms with Crippen molar-refractivity contribution in [1.82, 2.24) is 0 Å². The van der Waals surface area contributed by atoms with Crippen LogP contribution in [0.5, 0.6) is 0 Å². The van der Waals surface area contributed by atoms with Crippen LogP contribution in [0.3, 0.4) is 0 Å². The van der Waals surface area contributed by atoms with E-state index in [1.165, 1.54) is 4.11 Å². The number of rotatable bonds is 0. The molecule has 1 aliphatic rings. The molecular weight excluding hydrogens is 339 g/mol. The van der Waals surface area contributed by atoms with Crippen LogP contribution in [0.2, 0.25) is 13.1 Å². The zero-order valence-electron chi connectivity index (χ0n) is 5.82. The second-order valence-electron chi connectivity index (χ2n) is 2.68. The normalized spacial score (nSPS) is 27.2. The fraction of sp³-hybridized carbons (Fsp3) is 0.333. The molecule has 0 aliphatic carbocycles. The summed E-state index contributed by atoms with van der Waals surface area (Å²) in [5.41, 5.74) is 0. The van der Waals surface area contributed by atoms with Crippen LogP contribution in [0.1, 0.15) is 0 Å². The van der Waals surface area contributed by atoms with Crippen molar-refractivity contribution in [3.63, 3.8) is 0 Å². The summed E-state index contributed by atoms with van der Waals surface area (Å²) in [6.45, 7) is 4.74. The Morgan fingerprint density at radius 2 is 2.20 bits per heavy atom. The summed E-state index contributed by atoms with van der Waals surface area (Å²) in [7, 11) is -1.15. The zero-order valence-corrected chi connectivity index (χ0v) is 11.7. The van der Waals surface area contributed by atoms with Crippen molar-refractivity contribution >= 4 is 54.9 Å². The minimum absolute atomic E-state index is 0.609. The maximum absolute atomic E-state index is 3.62. The molecule has 0 nitrogen and oxygen atoms in total. The molecule has 0 aromatic rings. The Hall–Kier alpha value is 1.18. The molecule has 0 aromatic carbocycles. The van der Waals surface area contributed by atoms with Gasteiger partial charge in [0, 0.05) is 0 Å². The summed E-state index contributed by atoms with van der Waals surface area (Å²) in [4.78, 5) is 4.45. The maximum atomic E-state index is 3.62. The van der Waals surface area contributed by atoms with Gasteiger partial charge in [-0.05, 0) is 0 Å². The summed E-state index contributed by atoms with van der Waals surface area (Å²) in [5.74, 6) is 0. The number of hydrogen-bond acceptors (Lipinski definition) is 0. The van der Waals surface area contributed by atoms with E-state index in [0.29, 0.717) is 15.0 Å². The van der Waals surface area contributed by atoms with E-state index >= 15 is 0 Å². The van der Waals surface area contributed by atoms with E-state index in [9.17, 15) is 0 Å². The van der Waals surface area contributed by atoms with Crippen LogP contribution in [-0.2, 0) is 0 Å². The first-order valence-corrected chi connectivity index (χ1v) is 9.48. The van der Waals surface area contributed by atoms with Gasteiger partial charge in [0.1, 0.15) is 0 Å². The molecule has 0 N–H and O–H groups in total. The molecule has 0 atom stereocenters. The second-order valence-corrected chi connectivity index (χ2v) is 11.8. The van der Waals surface area contributed by atoms with Gasteiger partial charge in [0.05, 0.1) is 0 Å². The van der Waals surface area contributed by atoms with E-state index in [2.05, 4.69) is 54.9 Å². The first kappa shape index (κ1) is 9.27. The Kier molecular flexibility index (Phi) is 3.03. The Balaban J connectivity index is 2.95. The van der Waals surface area contributed by atoms with Crippen molar-refractivity contribution in [1.29, 1.82) is 0 Å². The molecule has 1 rings (SSSR count).